The molecule has 1 fully saturated rings. The van der Waals surface area contributed by atoms with Gasteiger partial charge in [0, 0.05) is 17.0 Å². The molecule has 0 spiro atoms. The molecule has 134 valence electrons. The second kappa shape index (κ2) is 8.99. The van der Waals surface area contributed by atoms with Crippen LogP contribution in [0.25, 0.3) is 0 Å². The molecule has 1 N–H and O–H groups in total. The van der Waals surface area contributed by atoms with Gasteiger partial charge >= 0.3 is 0 Å². The molecule has 1 aromatic carbocycles. The molecule has 0 aliphatic heterocycles. The van der Waals surface area contributed by atoms with Crippen LogP contribution in [0.4, 0.5) is 0 Å². The third-order valence-electron chi connectivity index (χ3n) is 4.59. The SMILES string of the molecule is Cc1nc(COc2cccc(C(=O)NC3CCCCCCC3)c2)cs1. The van der Waals surface area contributed by atoms with Crippen LogP contribution >= 0.6 is 11.3 Å². The average Bonchev–Trinajstić information content (AvgIpc) is 3.01. The number of carbonyl (C=O) groups is 1. The van der Waals surface area contributed by atoms with E-state index in [0.717, 1.165) is 23.5 Å². The second-order valence-corrected chi connectivity index (χ2v) is 7.75. The monoisotopic (exact) mass is 358 g/mol. The van der Waals surface area contributed by atoms with Gasteiger partial charge in [-0.15, -0.1) is 11.3 Å². The van der Waals surface area contributed by atoms with Crippen LogP contribution in [0.15, 0.2) is 29.6 Å². The number of carbonyl (C=O) groups excluding carboxylic acids is 1. The summed E-state index contributed by atoms with van der Waals surface area (Å²) < 4.78 is 5.79. The van der Waals surface area contributed by atoms with Crippen LogP contribution in [-0.2, 0) is 6.61 Å². The van der Waals surface area contributed by atoms with E-state index in [2.05, 4.69) is 10.3 Å². The topological polar surface area (TPSA) is 51.2 Å². The average molecular weight is 359 g/mol. The fourth-order valence-corrected chi connectivity index (χ4v) is 3.83. The Balaban J connectivity index is 1.56. The maximum atomic E-state index is 12.6. The number of aryl methyl sites for hydroxylation is 1. The van der Waals surface area contributed by atoms with Crippen molar-refractivity contribution >= 4 is 17.2 Å². The lowest BCUT2D eigenvalue weighted by Crippen LogP contribution is -2.35. The van der Waals surface area contributed by atoms with E-state index < -0.39 is 0 Å². The first-order chi connectivity index (χ1) is 12.2. The molecule has 1 heterocycles. The standard InChI is InChI=1S/C20H26N2O2S/c1-15-21-18(14-25-15)13-24-19-11-7-8-16(12-19)20(23)22-17-9-5-3-2-4-6-10-17/h7-8,11-12,14,17H,2-6,9-10,13H2,1H3,(H,22,23). The Bertz CT molecular complexity index is 691. The van der Waals surface area contributed by atoms with Gasteiger partial charge in [0.15, 0.2) is 0 Å². The molecular formula is C20H26N2O2S. The molecule has 25 heavy (non-hydrogen) atoms. The Morgan fingerprint density at radius 3 is 2.72 bits per heavy atom. The molecule has 3 rings (SSSR count). The second-order valence-electron chi connectivity index (χ2n) is 6.69. The van der Waals surface area contributed by atoms with E-state index in [4.69, 9.17) is 4.74 Å². The number of thiazole rings is 1. The highest BCUT2D eigenvalue weighted by molar-refractivity contribution is 7.09. The number of benzene rings is 1. The first-order valence-electron chi connectivity index (χ1n) is 9.15. The lowest BCUT2D eigenvalue weighted by atomic mass is 9.96. The van der Waals surface area contributed by atoms with Crippen molar-refractivity contribution < 1.29 is 9.53 Å². The van der Waals surface area contributed by atoms with Gasteiger partial charge in [-0.25, -0.2) is 4.98 Å². The number of nitrogens with one attached hydrogen (secondary N) is 1. The number of aromatic nitrogens is 1. The van der Waals surface area contributed by atoms with E-state index in [1.807, 2.05) is 36.6 Å². The van der Waals surface area contributed by atoms with Crippen LogP contribution in [0, 0.1) is 6.92 Å². The highest BCUT2D eigenvalue weighted by Gasteiger charge is 2.15. The molecule has 0 atom stereocenters. The van der Waals surface area contributed by atoms with E-state index in [1.54, 1.807) is 11.3 Å². The quantitative estimate of drug-likeness (QED) is 0.829. The third kappa shape index (κ3) is 5.56. The zero-order valence-electron chi connectivity index (χ0n) is 14.8. The van der Waals surface area contributed by atoms with Gasteiger partial charge in [-0.2, -0.15) is 0 Å². The van der Waals surface area contributed by atoms with Crippen molar-refractivity contribution in [1.82, 2.24) is 10.3 Å². The van der Waals surface area contributed by atoms with Crippen molar-refractivity contribution in [3.8, 4) is 5.75 Å². The maximum absolute atomic E-state index is 12.6. The minimum atomic E-state index is 0.000487. The predicted molar refractivity (Wildman–Crippen MR) is 101 cm³/mol. The highest BCUT2D eigenvalue weighted by atomic mass is 32.1. The number of amides is 1. The summed E-state index contributed by atoms with van der Waals surface area (Å²) in [4.78, 5) is 17.0. The molecule has 0 radical (unpaired) electrons. The van der Waals surface area contributed by atoms with Crippen molar-refractivity contribution in [2.75, 3.05) is 0 Å². The number of hydrogen-bond donors (Lipinski definition) is 1. The molecule has 0 unspecified atom stereocenters. The van der Waals surface area contributed by atoms with Crippen LogP contribution in [0.3, 0.4) is 0 Å². The predicted octanol–water partition coefficient (Wildman–Crippen LogP) is 4.87. The Morgan fingerprint density at radius 2 is 2.00 bits per heavy atom. The maximum Gasteiger partial charge on any atom is 0.251 e. The van der Waals surface area contributed by atoms with Gasteiger partial charge in [-0.1, -0.05) is 38.2 Å². The third-order valence-corrected chi connectivity index (χ3v) is 5.41. The zero-order chi connectivity index (χ0) is 17.5. The van der Waals surface area contributed by atoms with Gasteiger partial charge in [0.25, 0.3) is 5.91 Å². The van der Waals surface area contributed by atoms with E-state index in [1.165, 1.54) is 32.1 Å². The molecule has 0 saturated heterocycles. The minimum Gasteiger partial charge on any atom is -0.487 e. The van der Waals surface area contributed by atoms with Crippen LogP contribution in [-0.4, -0.2) is 16.9 Å². The van der Waals surface area contributed by atoms with Crippen molar-refractivity contribution in [2.24, 2.45) is 0 Å². The molecule has 1 aliphatic rings. The summed E-state index contributed by atoms with van der Waals surface area (Å²) >= 11 is 1.61. The molecule has 1 aromatic heterocycles. The number of nitrogens with zero attached hydrogens (tertiary/aromatic N) is 1. The molecule has 1 amide bonds. The van der Waals surface area contributed by atoms with Crippen molar-refractivity contribution in [3.05, 3.63) is 45.9 Å². The van der Waals surface area contributed by atoms with Gasteiger partial charge in [-0.05, 0) is 38.0 Å². The van der Waals surface area contributed by atoms with Gasteiger partial charge < -0.3 is 10.1 Å². The lowest BCUT2D eigenvalue weighted by Gasteiger charge is -2.21. The first-order valence-corrected chi connectivity index (χ1v) is 10.0. The first kappa shape index (κ1) is 17.9. The van der Waals surface area contributed by atoms with E-state index in [0.29, 0.717) is 24.0 Å². The van der Waals surface area contributed by atoms with Crippen molar-refractivity contribution in [3.63, 3.8) is 0 Å². The summed E-state index contributed by atoms with van der Waals surface area (Å²) in [5.74, 6) is 0.705. The summed E-state index contributed by atoms with van der Waals surface area (Å²) in [5, 5.41) is 6.24. The van der Waals surface area contributed by atoms with Crippen molar-refractivity contribution in [1.29, 1.82) is 0 Å². The Kier molecular flexibility index (Phi) is 6.45. The number of hydrogen-bond acceptors (Lipinski definition) is 4. The van der Waals surface area contributed by atoms with E-state index in [9.17, 15) is 4.79 Å². The molecule has 4 nitrogen and oxygen atoms in total. The van der Waals surface area contributed by atoms with Crippen LogP contribution in [0.5, 0.6) is 5.75 Å². The van der Waals surface area contributed by atoms with Gasteiger partial charge in [0.1, 0.15) is 12.4 Å². The smallest absolute Gasteiger partial charge is 0.251 e. The summed E-state index contributed by atoms with van der Waals surface area (Å²) in [6.07, 6.45) is 8.49. The van der Waals surface area contributed by atoms with Gasteiger partial charge in [0.05, 0.1) is 10.7 Å². The van der Waals surface area contributed by atoms with E-state index in [-0.39, 0.29) is 5.91 Å². The number of rotatable bonds is 5. The largest absolute Gasteiger partial charge is 0.487 e. The minimum absolute atomic E-state index is 0.000487. The lowest BCUT2D eigenvalue weighted by molar-refractivity contribution is 0.0930. The Labute approximate surface area is 153 Å². The van der Waals surface area contributed by atoms with E-state index >= 15 is 0 Å². The van der Waals surface area contributed by atoms with Crippen LogP contribution < -0.4 is 10.1 Å². The molecule has 1 aliphatic carbocycles. The summed E-state index contributed by atoms with van der Waals surface area (Å²) in [6, 6.07) is 7.71. The Hall–Kier alpha value is -1.88. The fraction of sp³-hybridized carbons (Fsp3) is 0.500. The fourth-order valence-electron chi connectivity index (χ4n) is 3.23. The zero-order valence-corrected chi connectivity index (χ0v) is 15.6. The Morgan fingerprint density at radius 1 is 1.24 bits per heavy atom. The molecule has 1 saturated carbocycles. The summed E-state index contributed by atoms with van der Waals surface area (Å²) in [7, 11) is 0. The van der Waals surface area contributed by atoms with Gasteiger partial charge in [-0.3, -0.25) is 4.79 Å². The van der Waals surface area contributed by atoms with Crippen LogP contribution in [0.2, 0.25) is 0 Å². The van der Waals surface area contributed by atoms with Gasteiger partial charge in [0.2, 0.25) is 0 Å². The summed E-state index contributed by atoms with van der Waals surface area (Å²) in [5.41, 5.74) is 1.58. The molecule has 0 bridgehead atoms. The molecule has 2 aromatic rings. The number of ether oxygens (including phenoxy) is 1. The molecule has 5 heteroatoms. The highest BCUT2D eigenvalue weighted by Crippen LogP contribution is 2.19. The molecular weight excluding hydrogens is 332 g/mol. The summed E-state index contributed by atoms with van der Waals surface area (Å²) in [6.45, 7) is 2.41. The normalized spacial score (nSPS) is 16.0. The van der Waals surface area contributed by atoms with Crippen molar-refractivity contribution in [2.45, 2.75) is 64.5 Å². The van der Waals surface area contributed by atoms with Crippen LogP contribution in [0.1, 0.15) is 66.0 Å².